The summed E-state index contributed by atoms with van der Waals surface area (Å²) in [5.74, 6) is 0.392. The van der Waals surface area contributed by atoms with Crippen LogP contribution >= 0.6 is 23.4 Å². The fourth-order valence-electron chi connectivity index (χ4n) is 2.76. The summed E-state index contributed by atoms with van der Waals surface area (Å²) < 4.78 is 37.5. The number of hydrogen-bond donors (Lipinski definition) is 1. The summed E-state index contributed by atoms with van der Waals surface area (Å²) in [6.07, 6.45) is 1.52. The van der Waals surface area contributed by atoms with Crippen LogP contribution in [0.3, 0.4) is 0 Å². The molecule has 0 aliphatic rings. The zero-order valence-corrected chi connectivity index (χ0v) is 18.9. The lowest BCUT2D eigenvalue weighted by Crippen LogP contribution is -2.24. The van der Waals surface area contributed by atoms with Gasteiger partial charge in [-0.1, -0.05) is 41.6 Å². The van der Waals surface area contributed by atoms with Crippen molar-refractivity contribution in [3.8, 4) is 11.5 Å². The minimum absolute atomic E-state index is 0.0268. The molecule has 0 unspecified atom stereocenters. The Hall–Kier alpha value is -3.01. The number of nitrogens with one attached hydrogen (secondary N) is 1. The molecule has 0 fully saturated rings. The van der Waals surface area contributed by atoms with Crippen molar-refractivity contribution in [2.45, 2.75) is 21.6 Å². The third-order valence-electron chi connectivity index (χ3n) is 4.34. The molecule has 164 valence electrons. The molecule has 4 rings (SSSR count). The first-order valence-corrected chi connectivity index (χ1v) is 12.3. The quantitative estimate of drug-likeness (QED) is 0.354. The summed E-state index contributed by atoms with van der Waals surface area (Å²) >= 11 is 6.85. The van der Waals surface area contributed by atoms with Crippen molar-refractivity contribution >= 4 is 39.1 Å². The summed E-state index contributed by atoms with van der Waals surface area (Å²) in [7, 11) is -4.00. The summed E-state index contributed by atoms with van der Waals surface area (Å²) in [5, 5.41) is 2.91. The fraction of sp³-hybridized carbons (Fsp3) is 0.0909. The molecule has 2 aromatic heterocycles. The molecule has 0 saturated carbocycles. The molecule has 32 heavy (non-hydrogen) atoms. The number of aromatic nitrogens is 1. The van der Waals surface area contributed by atoms with Crippen LogP contribution in [0.2, 0.25) is 5.02 Å². The molecular weight excluding hydrogens is 472 g/mol. The largest absolute Gasteiger partial charge is 0.467 e. The molecule has 0 spiro atoms. The summed E-state index contributed by atoms with van der Waals surface area (Å²) in [6, 6.07) is 18.2. The minimum Gasteiger partial charge on any atom is -0.467 e. The highest BCUT2D eigenvalue weighted by Crippen LogP contribution is 2.35. The van der Waals surface area contributed by atoms with Gasteiger partial charge in [-0.2, -0.15) is 4.98 Å². The highest BCUT2D eigenvalue weighted by molar-refractivity contribution is 8.00. The molecule has 0 bridgehead atoms. The molecule has 4 aromatic rings. The van der Waals surface area contributed by atoms with Crippen LogP contribution < -0.4 is 5.32 Å². The topological polar surface area (TPSA) is 102 Å². The van der Waals surface area contributed by atoms with E-state index in [0.717, 1.165) is 11.8 Å². The molecular formula is C22H17ClN2O5S2. The van der Waals surface area contributed by atoms with E-state index in [1.54, 1.807) is 36.4 Å². The zero-order chi connectivity index (χ0) is 22.6. The van der Waals surface area contributed by atoms with Crippen LogP contribution in [0.4, 0.5) is 0 Å². The monoisotopic (exact) mass is 488 g/mol. The summed E-state index contributed by atoms with van der Waals surface area (Å²) in [6.45, 7) is 0.230. The van der Waals surface area contributed by atoms with Gasteiger partial charge in [0, 0.05) is 10.6 Å². The molecule has 1 amide bonds. The number of hydrogen-bond acceptors (Lipinski definition) is 7. The molecule has 7 nitrogen and oxygen atoms in total. The molecule has 10 heteroatoms. The fourth-order valence-corrected chi connectivity index (χ4v) is 5.25. The molecule has 1 N–H and O–H groups in total. The van der Waals surface area contributed by atoms with Gasteiger partial charge in [-0.15, -0.1) is 0 Å². The highest BCUT2D eigenvalue weighted by atomic mass is 35.5. The number of oxazole rings is 1. The standard InChI is InChI=1S/C22H17ClN2O5S2/c23-16-8-10-18(11-9-16)32(27,28)21-22(30-20(25-21)15-5-2-1-3-6-15)31-14-19(26)24-13-17-7-4-12-29-17/h1-12H,13-14H2,(H,24,26). The predicted octanol–water partition coefficient (Wildman–Crippen LogP) is 4.83. The van der Waals surface area contributed by atoms with Gasteiger partial charge in [0.15, 0.2) is 0 Å². The Morgan fingerprint density at radius 1 is 1.03 bits per heavy atom. The van der Waals surface area contributed by atoms with Crippen molar-refractivity contribution in [2.75, 3.05) is 5.75 Å². The minimum atomic E-state index is -4.00. The van der Waals surface area contributed by atoms with Crippen molar-refractivity contribution in [3.05, 3.63) is 83.8 Å². The molecule has 0 atom stereocenters. The zero-order valence-electron chi connectivity index (χ0n) is 16.5. The number of furan rings is 1. The average Bonchev–Trinajstić information content (AvgIpc) is 3.47. The maximum absolute atomic E-state index is 13.2. The smallest absolute Gasteiger partial charge is 0.230 e. The number of rotatable bonds is 8. The Labute approximate surface area is 193 Å². The highest BCUT2D eigenvalue weighted by Gasteiger charge is 2.29. The second kappa shape index (κ2) is 9.64. The summed E-state index contributed by atoms with van der Waals surface area (Å²) in [4.78, 5) is 16.5. The van der Waals surface area contributed by atoms with Crippen LogP contribution in [0.25, 0.3) is 11.5 Å². The third-order valence-corrected chi connectivity index (χ3v) is 7.35. The Balaban J connectivity index is 1.60. The van der Waals surface area contributed by atoms with Crippen LogP contribution in [-0.4, -0.2) is 25.1 Å². The molecule has 0 aliphatic heterocycles. The van der Waals surface area contributed by atoms with E-state index in [0.29, 0.717) is 16.3 Å². The maximum Gasteiger partial charge on any atom is 0.230 e. The van der Waals surface area contributed by atoms with Gasteiger partial charge in [0.2, 0.25) is 31.8 Å². The van der Waals surface area contributed by atoms with Gasteiger partial charge in [0.1, 0.15) is 5.76 Å². The van der Waals surface area contributed by atoms with E-state index < -0.39 is 9.84 Å². The first-order valence-electron chi connectivity index (χ1n) is 9.42. The van der Waals surface area contributed by atoms with E-state index in [1.807, 2.05) is 6.07 Å². The van der Waals surface area contributed by atoms with Gasteiger partial charge in [-0.25, -0.2) is 8.42 Å². The third kappa shape index (κ3) is 5.07. The normalized spacial score (nSPS) is 11.4. The molecule has 0 aliphatic carbocycles. The van der Waals surface area contributed by atoms with E-state index in [1.165, 1.54) is 30.5 Å². The van der Waals surface area contributed by atoms with Crippen molar-refractivity contribution in [1.29, 1.82) is 0 Å². The van der Waals surface area contributed by atoms with Crippen LogP contribution in [0, 0.1) is 0 Å². The average molecular weight is 489 g/mol. The number of nitrogens with zero attached hydrogens (tertiary/aromatic N) is 1. The molecule has 2 heterocycles. The summed E-state index contributed by atoms with van der Waals surface area (Å²) in [5.41, 5.74) is 0.620. The van der Waals surface area contributed by atoms with Crippen molar-refractivity contribution in [3.63, 3.8) is 0 Å². The van der Waals surface area contributed by atoms with E-state index >= 15 is 0 Å². The second-order valence-corrected chi connectivity index (χ2v) is 9.83. The van der Waals surface area contributed by atoms with E-state index in [4.69, 9.17) is 20.4 Å². The number of sulfone groups is 1. The van der Waals surface area contributed by atoms with Crippen molar-refractivity contribution < 1.29 is 22.0 Å². The second-order valence-electron chi connectivity index (χ2n) is 6.58. The Kier molecular flexibility index (Phi) is 6.69. The number of benzene rings is 2. The first-order chi connectivity index (χ1) is 15.4. The molecule has 0 radical (unpaired) electrons. The van der Waals surface area contributed by atoms with Gasteiger partial charge in [-0.3, -0.25) is 4.79 Å². The van der Waals surface area contributed by atoms with Crippen molar-refractivity contribution in [2.24, 2.45) is 0 Å². The Bertz CT molecular complexity index is 1300. The van der Waals surface area contributed by atoms with Crippen LogP contribution in [0.5, 0.6) is 0 Å². The number of thioether (sulfide) groups is 1. The van der Waals surface area contributed by atoms with Gasteiger partial charge in [0.25, 0.3) is 0 Å². The van der Waals surface area contributed by atoms with Gasteiger partial charge < -0.3 is 14.2 Å². The SMILES string of the molecule is O=C(CSc1oc(-c2ccccc2)nc1S(=O)(=O)c1ccc(Cl)cc1)NCc1ccco1. The van der Waals surface area contributed by atoms with Crippen LogP contribution in [0.1, 0.15) is 5.76 Å². The van der Waals surface area contributed by atoms with Gasteiger partial charge in [-0.05, 0) is 48.5 Å². The van der Waals surface area contributed by atoms with Crippen LogP contribution in [-0.2, 0) is 21.2 Å². The number of carbonyl (C=O) groups is 1. The maximum atomic E-state index is 13.2. The number of amides is 1. The number of carbonyl (C=O) groups excluding carboxylic acids is 1. The molecule has 0 saturated heterocycles. The lowest BCUT2D eigenvalue weighted by atomic mass is 10.2. The van der Waals surface area contributed by atoms with E-state index in [-0.39, 0.29) is 39.1 Å². The first kappa shape index (κ1) is 22.2. The predicted molar refractivity (Wildman–Crippen MR) is 120 cm³/mol. The van der Waals surface area contributed by atoms with Gasteiger partial charge in [0.05, 0.1) is 23.5 Å². The van der Waals surface area contributed by atoms with E-state index in [2.05, 4.69) is 10.3 Å². The Morgan fingerprint density at radius 3 is 2.47 bits per heavy atom. The van der Waals surface area contributed by atoms with Gasteiger partial charge >= 0.3 is 0 Å². The molecule has 2 aromatic carbocycles. The van der Waals surface area contributed by atoms with E-state index in [9.17, 15) is 13.2 Å². The number of halogens is 1. The van der Waals surface area contributed by atoms with Crippen LogP contribution in [0.15, 0.2) is 96.8 Å². The Morgan fingerprint density at radius 2 is 1.78 bits per heavy atom. The van der Waals surface area contributed by atoms with Crippen molar-refractivity contribution in [1.82, 2.24) is 10.3 Å². The lowest BCUT2D eigenvalue weighted by Gasteiger charge is -2.04. The lowest BCUT2D eigenvalue weighted by molar-refractivity contribution is -0.118.